The summed E-state index contributed by atoms with van der Waals surface area (Å²) in [5.41, 5.74) is 1.33. The van der Waals surface area contributed by atoms with Gasteiger partial charge < -0.3 is 71.1 Å². The molecule has 17 nitrogen and oxygen atoms in total. The number of ether oxygens (including phenoxy) is 1. The Morgan fingerprint density at radius 3 is 1.23 bits per heavy atom. The van der Waals surface area contributed by atoms with E-state index in [0.717, 1.165) is 6.07 Å². The predicted octanol–water partition coefficient (Wildman–Crippen LogP) is 8.97. The minimum atomic E-state index is -0.661. The maximum atomic E-state index is 12.0. The molecule has 13 N–H and O–H groups in total. The highest BCUT2D eigenvalue weighted by atomic mass is 16.5. The van der Waals surface area contributed by atoms with E-state index in [2.05, 4.69) is 0 Å². The number of phenols is 11. The lowest BCUT2D eigenvalue weighted by molar-refractivity contribution is -0.117. The van der Waals surface area contributed by atoms with Crippen LogP contribution in [0.1, 0.15) is 95.3 Å². The van der Waals surface area contributed by atoms with Crippen molar-refractivity contribution in [1.82, 2.24) is 0 Å². The lowest BCUT2D eigenvalue weighted by atomic mass is 9.83. The Bertz CT molecular complexity index is 2750. The van der Waals surface area contributed by atoms with Gasteiger partial charge in [-0.3, -0.25) is 14.4 Å². The van der Waals surface area contributed by atoms with Crippen LogP contribution in [-0.4, -0.2) is 91.9 Å². The molecule has 0 heterocycles. The maximum Gasteiger partial charge on any atom is 0.201 e. The summed E-state index contributed by atoms with van der Waals surface area (Å²) in [6.45, 7) is 10.5. The summed E-state index contributed by atoms with van der Waals surface area (Å²) in [6.07, 6.45) is 1.23. The number of carbonyl (C=O) groups excluding carboxylic acids is 3. The van der Waals surface area contributed by atoms with Crippen molar-refractivity contribution in [2.24, 2.45) is 0 Å². The lowest BCUT2D eigenvalue weighted by Crippen LogP contribution is -2.01. The van der Waals surface area contributed by atoms with E-state index in [1.165, 1.54) is 37.4 Å². The molecular weight excluding hydrogens is 849 g/mol. The molecule has 0 saturated carbocycles. The van der Waals surface area contributed by atoms with Crippen LogP contribution < -0.4 is 4.74 Å². The molecule has 7 rings (SSSR count). The fourth-order valence-corrected chi connectivity index (χ4v) is 7.42. The summed E-state index contributed by atoms with van der Waals surface area (Å²) in [5, 5.41) is 127. The van der Waals surface area contributed by atoms with Crippen molar-refractivity contribution in [3.05, 3.63) is 93.4 Å². The molecule has 0 bridgehead atoms. The van der Waals surface area contributed by atoms with Gasteiger partial charge in [0.2, 0.25) is 5.78 Å². The van der Waals surface area contributed by atoms with Crippen LogP contribution in [0.2, 0.25) is 0 Å². The lowest BCUT2D eigenvalue weighted by Gasteiger charge is -2.23. The Hall–Kier alpha value is -8.21. The third-order valence-corrected chi connectivity index (χ3v) is 10.5. The molecular formula is C48H50O17. The molecule has 65 heavy (non-hydrogen) atoms. The van der Waals surface area contributed by atoms with Crippen molar-refractivity contribution in [2.75, 3.05) is 7.11 Å². The monoisotopic (exact) mass is 898 g/mol. The van der Waals surface area contributed by atoms with Gasteiger partial charge in [0.1, 0.15) is 28.8 Å². The number of hydrogen-bond acceptors (Lipinski definition) is 17. The second-order valence-electron chi connectivity index (χ2n) is 15.5. The third kappa shape index (κ3) is 9.73. The number of aliphatic hydroxyl groups excluding tert-OH is 2. The van der Waals surface area contributed by atoms with Crippen LogP contribution in [0.3, 0.4) is 0 Å². The Kier molecular flexibility index (Phi) is 15.1. The number of benzene rings is 6. The van der Waals surface area contributed by atoms with Crippen molar-refractivity contribution in [2.45, 2.75) is 66.2 Å². The van der Waals surface area contributed by atoms with E-state index >= 15 is 0 Å². The molecule has 6 aromatic carbocycles. The normalized spacial score (nSPS) is 12.0. The van der Waals surface area contributed by atoms with E-state index < -0.39 is 40.3 Å². The molecule has 0 aromatic heterocycles. The number of aryl methyl sites for hydroxylation is 2. The summed E-state index contributed by atoms with van der Waals surface area (Å²) in [5.74, 6) is -4.83. The van der Waals surface area contributed by atoms with Gasteiger partial charge in [-0.05, 0) is 71.8 Å². The van der Waals surface area contributed by atoms with E-state index in [1.54, 1.807) is 53.7 Å². The van der Waals surface area contributed by atoms with Crippen LogP contribution in [0.5, 0.6) is 69.0 Å². The standard InChI is InChI=1S/C30H30O8.C7H8O3.C6H6O3.C5H6O3/c1-11(2)19-15-7-13(5)21(27(35)23(15)17(9-31)25(33)29(19)37)22-14(6)8-16-20(12(3)4)30(38)26(34)18(10-32)24(16)28(22)36;1-10-7-3-2-5(8)4-6(7)9;7-4-1-2-5(8)6(9)3-4;6-3-1-2-4(7)5(3)8/h7-12,33-38H,1-6H3;2-4,8-9H,1H3;1-3,7-9H;6,8H,1-2H2. The van der Waals surface area contributed by atoms with Crippen molar-refractivity contribution < 1.29 is 85.5 Å². The summed E-state index contributed by atoms with van der Waals surface area (Å²) in [7, 11) is 1.45. The number of hydrogen-bond donors (Lipinski definition) is 13. The number of allylic oxidation sites excluding steroid dienone is 2. The SMILES string of the molecule is COc1ccc(O)cc1O.Cc1cc2c(C(C)C)c(O)c(O)c(C=O)c2c(O)c1-c1c(C)cc2c(C(C)C)c(O)c(O)c(C=O)c2c1O.O=C1CCC(O)=C1O.Oc1ccc(O)c(O)c1. The minimum absolute atomic E-state index is 0.00512. The second-order valence-corrected chi connectivity index (χ2v) is 15.5. The number of rotatable bonds is 6. The van der Waals surface area contributed by atoms with Crippen molar-refractivity contribution in [3.63, 3.8) is 0 Å². The zero-order chi connectivity index (χ0) is 48.9. The first-order valence-electron chi connectivity index (χ1n) is 19.7. The molecule has 6 aromatic rings. The van der Waals surface area contributed by atoms with Crippen LogP contribution >= 0.6 is 0 Å². The third-order valence-electron chi connectivity index (χ3n) is 10.5. The molecule has 0 spiro atoms. The molecule has 0 atom stereocenters. The number of aromatic hydroxyl groups is 11. The zero-order valence-corrected chi connectivity index (χ0v) is 36.3. The first-order valence-corrected chi connectivity index (χ1v) is 19.7. The van der Waals surface area contributed by atoms with E-state index in [0.29, 0.717) is 57.8 Å². The van der Waals surface area contributed by atoms with Gasteiger partial charge in [-0.25, -0.2) is 0 Å². The Morgan fingerprint density at radius 2 is 0.938 bits per heavy atom. The molecule has 0 unspecified atom stereocenters. The average Bonchev–Trinajstić information content (AvgIpc) is 3.53. The van der Waals surface area contributed by atoms with Crippen LogP contribution in [0.15, 0.2) is 60.0 Å². The van der Waals surface area contributed by atoms with Gasteiger partial charge in [0.25, 0.3) is 0 Å². The fourth-order valence-electron chi connectivity index (χ4n) is 7.42. The Balaban J connectivity index is 0.000000272. The predicted molar refractivity (Wildman–Crippen MR) is 240 cm³/mol. The molecule has 0 aliphatic heterocycles. The number of carbonyl (C=O) groups is 3. The molecule has 17 heteroatoms. The number of Topliss-reactive ketones (excluding diaryl/α,β-unsaturated/α-hetero) is 1. The molecule has 0 saturated heterocycles. The first-order chi connectivity index (χ1) is 30.4. The number of aliphatic hydroxyl groups is 2. The van der Waals surface area contributed by atoms with Gasteiger partial charge in [-0.1, -0.05) is 39.8 Å². The second kappa shape index (κ2) is 19.9. The van der Waals surface area contributed by atoms with Crippen molar-refractivity contribution in [1.29, 1.82) is 0 Å². The number of phenolic OH excluding ortho intramolecular Hbond substituents is 11. The maximum absolute atomic E-state index is 12.0. The average molecular weight is 899 g/mol. The van der Waals surface area contributed by atoms with Crippen LogP contribution in [0.25, 0.3) is 32.7 Å². The number of aldehydes is 2. The van der Waals surface area contributed by atoms with Crippen LogP contribution in [0, 0.1) is 13.8 Å². The molecule has 1 aliphatic carbocycles. The largest absolute Gasteiger partial charge is 0.508 e. The summed E-state index contributed by atoms with van der Waals surface area (Å²) >= 11 is 0. The highest BCUT2D eigenvalue weighted by Crippen LogP contribution is 2.54. The Labute approximate surface area is 371 Å². The summed E-state index contributed by atoms with van der Waals surface area (Å²) < 4.78 is 4.74. The zero-order valence-electron chi connectivity index (χ0n) is 36.3. The smallest absolute Gasteiger partial charge is 0.201 e. The molecule has 0 amide bonds. The quantitative estimate of drug-likeness (QED) is 0.0421. The van der Waals surface area contributed by atoms with Gasteiger partial charge in [-0.2, -0.15) is 0 Å². The molecule has 0 fully saturated rings. The van der Waals surface area contributed by atoms with E-state index in [4.69, 9.17) is 40.5 Å². The summed E-state index contributed by atoms with van der Waals surface area (Å²) in [6, 6.07) is 11.0. The molecule has 0 radical (unpaired) electrons. The van der Waals surface area contributed by atoms with Gasteiger partial charge in [0.15, 0.2) is 64.3 Å². The molecule has 1 aliphatic rings. The van der Waals surface area contributed by atoms with E-state index in [1.807, 2.05) is 0 Å². The van der Waals surface area contributed by atoms with E-state index in [-0.39, 0.29) is 91.6 Å². The minimum Gasteiger partial charge on any atom is -0.508 e. The topological polar surface area (TPSA) is 323 Å². The number of methoxy groups -OCH3 is 1. The van der Waals surface area contributed by atoms with Gasteiger partial charge in [-0.15, -0.1) is 0 Å². The summed E-state index contributed by atoms with van der Waals surface area (Å²) in [4.78, 5) is 34.3. The van der Waals surface area contributed by atoms with Crippen LogP contribution in [-0.2, 0) is 4.79 Å². The highest BCUT2D eigenvalue weighted by Gasteiger charge is 2.30. The van der Waals surface area contributed by atoms with E-state index in [9.17, 15) is 45.0 Å². The van der Waals surface area contributed by atoms with Crippen LogP contribution in [0.4, 0.5) is 0 Å². The van der Waals surface area contributed by atoms with Gasteiger partial charge in [0, 0.05) is 58.0 Å². The highest BCUT2D eigenvalue weighted by molar-refractivity contribution is 6.14. The number of fused-ring (bicyclic) bond motifs is 2. The van der Waals surface area contributed by atoms with Crippen molar-refractivity contribution >= 4 is 39.9 Å². The Morgan fingerprint density at radius 1 is 0.523 bits per heavy atom. The van der Waals surface area contributed by atoms with Crippen molar-refractivity contribution in [3.8, 4) is 80.1 Å². The number of ketones is 1. The van der Waals surface area contributed by atoms with Gasteiger partial charge in [0.05, 0.1) is 18.2 Å². The van der Waals surface area contributed by atoms with Gasteiger partial charge >= 0.3 is 0 Å². The fraction of sp³-hybridized carbons (Fsp3) is 0.229. The molecule has 344 valence electrons. The first kappa shape index (κ1) is 49.4.